The molecule has 0 aromatic heterocycles. The van der Waals surface area contributed by atoms with Gasteiger partial charge in [0.2, 0.25) is 10.0 Å². The summed E-state index contributed by atoms with van der Waals surface area (Å²) in [4.78, 5) is -0.610. The van der Waals surface area contributed by atoms with Gasteiger partial charge in [-0.3, -0.25) is 0 Å². The summed E-state index contributed by atoms with van der Waals surface area (Å²) < 4.78 is 52.5. The van der Waals surface area contributed by atoms with Crippen LogP contribution in [0.2, 0.25) is 0 Å². The molecule has 2 rings (SSSR count). The topological polar surface area (TPSA) is 72.2 Å². The van der Waals surface area contributed by atoms with Crippen molar-refractivity contribution in [1.82, 2.24) is 4.72 Å². The fraction of sp³-hybridized carbons (Fsp3) is 0.455. The maximum absolute atomic E-state index is 13.6. The molecule has 0 heterocycles. The third-order valence-corrected chi connectivity index (χ3v) is 4.61. The highest BCUT2D eigenvalue weighted by molar-refractivity contribution is 7.89. The molecule has 7 heteroatoms. The van der Waals surface area contributed by atoms with Crippen LogP contribution in [-0.4, -0.2) is 15.0 Å². The maximum atomic E-state index is 13.6. The Morgan fingerprint density at radius 2 is 2.00 bits per heavy atom. The highest BCUT2D eigenvalue weighted by atomic mass is 32.2. The monoisotopic (exact) mass is 276 g/mol. The number of hydrogen-bond donors (Lipinski definition) is 2. The average molecular weight is 276 g/mol. The minimum absolute atomic E-state index is 0.277. The van der Waals surface area contributed by atoms with E-state index in [2.05, 4.69) is 4.72 Å². The molecule has 0 amide bonds. The summed E-state index contributed by atoms with van der Waals surface area (Å²) in [5, 5.41) is 0. The normalized spacial score (nSPS) is 16.6. The Morgan fingerprint density at radius 1 is 1.33 bits per heavy atom. The Kier molecular flexibility index (Phi) is 3.54. The smallest absolute Gasteiger partial charge is 0.243 e. The predicted molar refractivity (Wildman–Crippen MR) is 63.3 cm³/mol. The Balaban J connectivity index is 2.21. The van der Waals surface area contributed by atoms with Crippen LogP contribution in [0.25, 0.3) is 0 Å². The second kappa shape index (κ2) is 4.81. The summed E-state index contributed by atoms with van der Waals surface area (Å²) in [6.07, 6.45) is 3.03. The Hall–Kier alpha value is -1.21. The highest BCUT2D eigenvalue weighted by Crippen LogP contribution is 2.27. The first-order valence-electron chi connectivity index (χ1n) is 5.65. The first-order chi connectivity index (χ1) is 8.42. The van der Waals surface area contributed by atoms with Crippen LogP contribution < -0.4 is 10.5 Å². The number of benzene rings is 1. The van der Waals surface area contributed by atoms with E-state index < -0.39 is 32.2 Å². The van der Waals surface area contributed by atoms with Crippen LogP contribution in [0.5, 0.6) is 0 Å². The van der Waals surface area contributed by atoms with Gasteiger partial charge in [0.25, 0.3) is 0 Å². The van der Waals surface area contributed by atoms with Gasteiger partial charge in [0, 0.05) is 6.54 Å². The lowest BCUT2D eigenvalue weighted by Gasteiger charge is -2.25. The predicted octanol–water partition coefficient (Wildman–Crippen LogP) is 1.63. The van der Waals surface area contributed by atoms with Crippen LogP contribution in [-0.2, 0) is 10.0 Å². The molecule has 1 aromatic carbocycles. The van der Waals surface area contributed by atoms with Gasteiger partial charge in [0.1, 0.15) is 16.4 Å². The molecule has 0 radical (unpaired) electrons. The van der Waals surface area contributed by atoms with Crippen molar-refractivity contribution in [3.63, 3.8) is 0 Å². The van der Waals surface area contributed by atoms with Crippen LogP contribution in [0.4, 0.5) is 14.5 Å². The summed E-state index contributed by atoms with van der Waals surface area (Å²) in [5.74, 6) is -1.90. The van der Waals surface area contributed by atoms with Crippen molar-refractivity contribution in [2.24, 2.45) is 5.92 Å². The van der Waals surface area contributed by atoms with E-state index >= 15 is 0 Å². The van der Waals surface area contributed by atoms with E-state index in [-0.39, 0.29) is 6.54 Å². The van der Waals surface area contributed by atoms with Gasteiger partial charge in [-0.15, -0.1) is 0 Å². The fourth-order valence-electron chi connectivity index (χ4n) is 1.76. The van der Waals surface area contributed by atoms with E-state index in [1.54, 1.807) is 0 Å². The van der Waals surface area contributed by atoms with E-state index in [9.17, 15) is 17.2 Å². The molecule has 0 aliphatic heterocycles. The molecular formula is C11H14F2N2O2S. The molecule has 0 spiro atoms. The van der Waals surface area contributed by atoms with Gasteiger partial charge in [-0.2, -0.15) is 0 Å². The van der Waals surface area contributed by atoms with E-state index in [1.165, 1.54) is 0 Å². The lowest BCUT2D eigenvalue weighted by molar-refractivity contribution is 0.316. The van der Waals surface area contributed by atoms with Gasteiger partial charge in [-0.05, 0) is 30.9 Å². The number of nitrogen functional groups attached to an aromatic ring is 1. The molecule has 1 aromatic rings. The zero-order valence-corrected chi connectivity index (χ0v) is 10.4. The summed E-state index contributed by atoms with van der Waals surface area (Å²) >= 11 is 0. The van der Waals surface area contributed by atoms with Gasteiger partial charge in [-0.25, -0.2) is 21.9 Å². The Morgan fingerprint density at radius 3 is 2.56 bits per heavy atom. The quantitative estimate of drug-likeness (QED) is 0.821. The third-order valence-electron chi connectivity index (χ3n) is 3.17. The van der Waals surface area contributed by atoms with E-state index in [0.717, 1.165) is 31.4 Å². The van der Waals surface area contributed by atoms with Crippen molar-refractivity contribution < 1.29 is 17.2 Å². The highest BCUT2D eigenvalue weighted by Gasteiger charge is 2.25. The van der Waals surface area contributed by atoms with Crippen LogP contribution in [0, 0.1) is 17.6 Å². The Bertz CT molecular complexity index is 556. The van der Waals surface area contributed by atoms with Crippen molar-refractivity contribution in [3.8, 4) is 0 Å². The van der Waals surface area contributed by atoms with E-state index in [0.29, 0.717) is 5.92 Å². The van der Waals surface area contributed by atoms with Crippen LogP contribution in [0.1, 0.15) is 19.3 Å². The molecule has 100 valence electrons. The van der Waals surface area contributed by atoms with Crippen molar-refractivity contribution in [2.75, 3.05) is 12.3 Å². The van der Waals surface area contributed by atoms with Gasteiger partial charge in [-0.1, -0.05) is 6.42 Å². The summed E-state index contributed by atoms with van der Waals surface area (Å²) in [5.41, 5.74) is 4.35. The SMILES string of the molecule is Nc1c(F)ccc(S(=O)(=O)NCC2CCC2)c1F. The molecule has 3 N–H and O–H groups in total. The van der Waals surface area contributed by atoms with Crippen LogP contribution >= 0.6 is 0 Å². The average Bonchev–Trinajstić information content (AvgIpc) is 2.23. The number of rotatable bonds is 4. The number of sulfonamides is 1. The minimum Gasteiger partial charge on any atom is -0.394 e. The number of anilines is 1. The molecule has 18 heavy (non-hydrogen) atoms. The van der Waals surface area contributed by atoms with Crippen molar-refractivity contribution in [1.29, 1.82) is 0 Å². The second-order valence-electron chi connectivity index (χ2n) is 4.42. The molecule has 0 saturated heterocycles. The standard InChI is InChI=1S/C11H14F2N2O2S/c12-8-4-5-9(10(13)11(8)14)18(16,17)15-6-7-2-1-3-7/h4-5,7,15H,1-3,6,14H2. The lowest BCUT2D eigenvalue weighted by Crippen LogP contribution is -2.32. The number of nitrogens with one attached hydrogen (secondary N) is 1. The zero-order valence-electron chi connectivity index (χ0n) is 9.62. The molecule has 1 saturated carbocycles. The molecule has 1 fully saturated rings. The number of nitrogens with two attached hydrogens (primary N) is 1. The molecule has 4 nitrogen and oxygen atoms in total. The van der Waals surface area contributed by atoms with Gasteiger partial charge in [0.15, 0.2) is 5.82 Å². The first-order valence-corrected chi connectivity index (χ1v) is 7.13. The van der Waals surface area contributed by atoms with Crippen LogP contribution in [0.3, 0.4) is 0 Å². The molecule has 0 atom stereocenters. The van der Waals surface area contributed by atoms with Crippen molar-refractivity contribution >= 4 is 15.7 Å². The van der Waals surface area contributed by atoms with Crippen LogP contribution in [0.15, 0.2) is 17.0 Å². The zero-order chi connectivity index (χ0) is 13.3. The molecule has 0 bridgehead atoms. The number of halogens is 2. The van der Waals surface area contributed by atoms with Crippen molar-refractivity contribution in [3.05, 3.63) is 23.8 Å². The molecular weight excluding hydrogens is 262 g/mol. The lowest BCUT2D eigenvalue weighted by atomic mass is 9.86. The molecule has 1 aliphatic carbocycles. The fourth-order valence-corrected chi connectivity index (χ4v) is 2.96. The summed E-state index contributed by atoms with van der Waals surface area (Å²) in [6.45, 7) is 0.277. The van der Waals surface area contributed by atoms with E-state index in [1.807, 2.05) is 0 Å². The summed E-state index contributed by atoms with van der Waals surface area (Å²) in [7, 11) is -3.97. The Labute approximate surface area is 104 Å². The third kappa shape index (κ3) is 2.46. The molecule has 1 aliphatic rings. The van der Waals surface area contributed by atoms with Crippen molar-refractivity contribution in [2.45, 2.75) is 24.2 Å². The first kappa shape index (κ1) is 13.2. The number of hydrogen-bond acceptors (Lipinski definition) is 3. The minimum atomic E-state index is -3.97. The summed E-state index contributed by atoms with van der Waals surface area (Å²) in [6, 6.07) is 1.72. The largest absolute Gasteiger partial charge is 0.394 e. The molecule has 0 unspecified atom stereocenters. The maximum Gasteiger partial charge on any atom is 0.243 e. The van der Waals surface area contributed by atoms with E-state index in [4.69, 9.17) is 5.73 Å². The second-order valence-corrected chi connectivity index (χ2v) is 6.16. The van der Waals surface area contributed by atoms with Gasteiger partial charge >= 0.3 is 0 Å². The van der Waals surface area contributed by atoms with Gasteiger partial charge in [0.05, 0.1) is 0 Å². The van der Waals surface area contributed by atoms with Gasteiger partial charge < -0.3 is 5.73 Å².